The molecule has 24 heavy (non-hydrogen) atoms. The van der Waals surface area contributed by atoms with Crippen LogP contribution >= 0.6 is 0 Å². The Labute approximate surface area is 147 Å². The summed E-state index contributed by atoms with van der Waals surface area (Å²) in [6.45, 7) is -0.778. The summed E-state index contributed by atoms with van der Waals surface area (Å²) in [7, 11) is 0. The fourth-order valence-electron chi connectivity index (χ4n) is 0.714. The average molecular weight is 406 g/mol. The van der Waals surface area contributed by atoms with E-state index in [2.05, 4.69) is 11.5 Å². The Hall–Kier alpha value is -2.15. The van der Waals surface area contributed by atoms with Crippen LogP contribution in [-0.4, -0.2) is 69.0 Å². The van der Waals surface area contributed by atoms with Gasteiger partial charge in [-0.25, -0.2) is 4.79 Å². The molecule has 0 rings (SSSR count). The Bertz CT molecular complexity index is 411. The maximum atomic E-state index is 10.3. The SMILES string of the molecule is NCC(=O)[O-].NCC(=O)[O-].O=C(O)CC(O)(CC(=O)O)C(=O)O.[Zn+2]. The molecule has 0 fully saturated rings. The summed E-state index contributed by atoms with van der Waals surface area (Å²) >= 11 is 0. The quantitative estimate of drug-likeness (QED) is 0.216. The van der Waals surface area contributed by atoms with Crippen molar-refractivity contribution in [3.8, 4) is 0 Å². The number of carboxylic acid groups (broad SMARTS) is 5. The third kappa shape index (κ3) is 22.1. The molecule has 0 spiro atoms. The van der Waals surface area contributed by atoms with Gasteiger partial charge in [-0.1, -0.05) is 0 Å². The largest absolute Gasteiger partial charge is 2.00 e. The number of carbonyl (C=O) groups excluding carboxylic acids is 2. The van der Waals surface area contributed by atoms with Gasteiger partial charge in [-0.2, -0.15) is 0 Å². The number of hydrogen-bond acceptors (Lipinski definition) is 10. The van der Waals surface area contributed by atoms with E-state index in [0.29, 0.717) is 0 Å². The summed E-state index contributed by atoms with van der Waals surface area (Å²) in [5.41, 5.74) is 6.28. The van der Waals surface area contributed by atoms with E-state index in [0.717, 1.165) is 0 Å². The summed E-state index contributed by atoms with van der Waals surface area (Å²) in [6.07, 6.45) is -2.29. The molecule has 0 atom stereocenters. The van der Waals surface area contributed by atoms with E-state index in [-0.39, 0.29) is 32.6 Å². The Morgan fingerprint density at radius 2 is 1.00 bits per heavy atom. The molecule has 0 aromatic carbocycles. The number of aliphatic hydroxyl groups is 1. The van der Waals surface area contributed by atoms with E-state index in [4.69, 9.17) is 40.2 Å². The smallest absolute Gasteiger partial charge is 0.549 e. The summed E-state index contributed by atoms with van der Waals surface area (Å²) < 4.78 is 0. The molecule has 0 bridgehead atoms. The van der Waals surface area contributed by atoms with Crippen LogP contribution in [0.15, 0.2) is 0 Å². The van der Waals surface area contributed by atoms with Crippen molar-refractivity contribution < 1.29 is 74.1 Å². The molecule has 13 nitrogen and oxygen atoms in total. The minimum absolute atomic E-state index is 0. The number of carboxylic acids is 5. The topological polar surface area (TPSA) is 264 Å². The summed E-state index contributed by atoms with van der Waals surface area (Å²) in [4.78, 5) is 48.7. The van der Waals surface area contributed by atoms with Crippen molar-refractivity contribution in [1.29, 1.82) is 0 Å². The van der Waals surface area contributed by atoms with Crippen molar-refractivity contribution in [2.45, 2.75) is 18.4 Å². The summed E-state index contributed by atoms with van der Waals surface area (Å²) in [5.74, 6) is -7.45. The van der Waals surface area contributed by atoms with Crippen LogP contribution in [0.5, 0.6) is 0 Å². The summed E-state index contributed by atoms with van der Waals surface area (Å²) in [6, 6.07) is 0. The van der Waals surface area contributed by atoms with Crippen molar-refractivity contribution >= 4 is 29.8 Å². The standard InChI is InChI=1S/C6H8O7.2C2H5NO2.Zn/c7-3(8)1-6(13,5(11)12)2-4(9)10;2*3-1-2(4)5;/h13H,1-2H2,(H,7,8)(H,9,10)(H,11,12);2*1,3H2,(H,4,5);/q;;;+2/p-2. The monoisotopic (exact) mass is 404 g/mol. The Morgan fingerprint density at radius 3 is 1.08 bits per heavy atom. The second kappa shape index (κ2) is 15.7. The van der Waals surface area contributed by atoms with Gasteiger partial charge in [-0.05, 0) is 0 Å². The number of hydrogen-bond donors (Lipinski definition) is 6. The van der Waals surface area contributed by atoms with Crippen molar-refractivity contribution in [2.75, 3.05) is 13.1 Å². The molecular formula is C10H16N2O11Zn. The van der Waals surface area contributed by atoms with Gasteiger partial charge in [0.2, 0.25) is 0 Å². The minimum Gasteiger partial charge on any atom is -0.549 e. The maximum Gasteiger partial charge on any atom is 2.00 e. The van der Waals surface area contributed by atoms with E-state index in [1.165, 1.54) is 0 Å². The van der Waals surface area contributed by atoms with Crippen molar-refractivity contribution in [2.24, 2.45) is 11.5 Å². The molecule has 0 saturated carbocycles. The Kier molecular flexibility index (Phi) is 19.6. The number of aliphatic carboxylic acids is 5. The molecule has 0 saturated heterocycles. The van der Waals surface area contributed by atoms with Gasteiger partial charge < -0.3 is 51.7 Å². The van der Waals surface area contributed by atoms with Gasteiger partial charge in [0.1, 0.15) is 0 Å². The van der Waals surface area contributed by atoms with E-state index in [9.17, 15) is 14.4 Å². The van der Waals surface area contributed by atoms with E-state index >= 15 is 0 Å². The zero-order chi connectivity index (χ0) is 19.2. The zero-order valence-corrected chi connectivity index (χ0v) is 15.3. The van der Waals surface area contributed by atoms with Crippen LogP contribution in [0.1, 0.15) is 12.8 Å². The fourth-order valence-corrected chi connectivity index (χ4v) is 0.714. The first-order valence-corrected chi connectivity index (χ1v) is 5.51. The molecular weight excluding hydrogens is 390 g/mol. The molecule has 0 radical (unpaired) electrons. The minimum atomic E-state index is -2.74. The van der Waals surface area contributed by atoms with Crippen LogP contribution in [0.4, 0.5) is 0 Å². The number of nitrogens with two attached hydrogens (primary N) is 2. The molecule has 0 heterocycles. The van der Waals surface area contributed by atoms with E-state index in [1.54, 1.807) is 0 Å². The predicted molar refractivity (Wildman–Crippen MR) is 65.2 cm³/mol. The molecule has 0 aliphatic rings. The number of rotatable bonds is 7. The number of carbonyl (C=O) groups is 5. The second-order valence-corrected chi connectivity index (χ2v) is 3.63. The molecule has 0 aliphatic carbocycles. The van der Waals surface area contributed by atoms with Crippen LogP contribution in [0, 0.1) is 0 Å². The average Bonchev–Trinajstić information content (AvgIpc) is 2.37. The molecule has 8 N–H and O–H groups in total. The Morgan fingerprint density at radius 1 is 0.792 bits per heavy atom. The van der Waals surface area contributed by atoms with Crippen LogP contribution < -0.4 is 21.7 Å². The summed E-state index contributed by atoms with van der Waals surface area (Å²) in [5, 5.41) is 52.1. The van der Waals surface area contributed by atoms with Gasteiger partial charge in [0.05, 0.1) is 24.8 Å². The molecule has 14 heteroatoms. The van der Waals surface area contributed by atoms with Gasteiger partial charge in [-0.3, -0.25) is 9.59 Å². The first-order chi connectivity index (χ1) is 10.3. The maximum absolute atomic E-state index is 10.3. The van der Waals surface area contributed by atoms with Crippen molar-refractivity contribution in [1.82, 2.24) is 0 Å². The fraction of sp³-hybridized carbons (Fsp3) is 0.500. The first-order valence-electron chi connectivity index (χ1n) is 5.51. The van der Waals surface area contributed by atoms with Gasteiger partial charge in [0, 0.05) is 13.1 Å². The molecule has 0 aliphatic heterocycles. The molecule has 0 unspecified atom stereocenters. The van der Waals surface area contributed by atoms with Crippen molar-refractivity contribution in [3.63, 3.8) is 0 Å². The van der Waals surface area contributed by atoms with E-state index in [1.807, 2.05) is 0 Å². The van der Waals surface area contributed by atoms with Gasteiger partial charge in [0.15, 0.2) is 5.60 Å². The van der Waals surface area contributed by atoms with E-state index < -0.39 is 48.3 Å². The zero-order valence-electron chi connectivity index (χ0n) is 12.3. The van der Waals surface area contributed by atoms with Gasteiger partial charge >= 0.3 is 37.4 Å². The third-order valence-electron chi connectivity index (χ3n) is 1.62. The predicted octanol–water partition coefficient (Wildman–Crippen LogP) is -5.86. The van der Waals surface area contributed by atoms with Crippen LogP contribution in [0.3, 0.4) is 0 Å². The van der Waals surface area contributed by atoms with Crippen LogP contribution in [0.25, 0.3) is 0 Å². The Balaban J connectivity index is -0.000000151. The third-order valence-corrected chi connectivity index (χ3v) is 1.62. The van der Waals surface area contributed by atoms with Crippen molar-refractivity contribution in [3.05, 3.63) is 0 Å². The van der Waals surface area contributed by atoms with Crippen LogP contribution in [-0.2, 0) is 43.5 Å². The second-order valence-electron chi connectivity index (χ2n) is 3.63. The van der Waals surface area contributed by atoms with Gasteiger partial charge in [0.25, 0.3) is 0 Å². The molecule has 134 valence electrons. The normalized spacial score (nSPS) is 8.96. The molecule has 0 aromatic rings. The molecule has 0 amide bonds. The first kappa shape index (κ1) is 29.8. The molecule has 0 aromatic heterocycles. The van der Waals surface area contributed by atoms with Gasteiger partial charge in [-0.15, -0.1) is 0 Å². The van der Waals surface area contributed by atoms with Crippen LogP contribution in [0.2, 0.25) is 0 Å².